The summed E-state index contributed by atoms with van der Waals surface area (Å²) in [5.41, 5.74) is 0.878. The average Bonchev–Trinajstić information content (AvgIpc) is 2.68. The molecule has 2 aromatic rings. The van der Waals surface area contributed by atoms with E-state index >= 15 is 0 Å². The topological polar surface area (TPSA) is 38.0 Å². The third-order valence-corrected chi connectivity index (χ3v) is 4.50. The van der Waals surface area contributed by atoms with Crippen LogP contribution in [0, 0.1) is 0 Å². The smallest absolute Gasteiger partial charge is 0.111 e. The molecule has 17 heavy (non-hydrogen) atoms. The number of imidazole rings is 1. The van der Waals surface area contributed by atoms with Gasteiger partial charge in [-0.05, 0) is 49.6 Å². The van der Waals surface area contributed by atoms with Gasteiger partial charge < -0.3 is 9.67 Å². The van der Waals surface area contributed by atoms with Crippen LogP contribution >= 0.6 is 31.9 Å². The number of aromatic nitrogens is 2. The highest BCUT2D eigenvalue weighted by molar-refractivity contribution is 9.13. The maximum atomic E-state index is 10.1. The van der Waals surface area contributed by atoms with Crippen molar-refractivity contribution in [3.63, 3.8) is 0 Å². The zero-order chi connectivity index (χ0) is 12.4. The van der Waals surface area contributed by atoms with Crippen LogP contribution in [-0.2, 0) is 13.5 Å². The third kappa shape index (κ3) is 2.97. The Bertz CT molecular complexity index is 525. The molecule has 90 valence electrons. The minimum Gasteiger partial charge on any atom is -0.388 e. The molecular formula is C12H12Br2N2O. The Hall–Kier alpha value is -0.650. The molecule has 0 aliphatic carbocycles. The van der Waals surface area contributed by atoms with Crippen LogP contribution in [0.25, 0.3) is 0 Å². The van der Waals surface area contributed by atoms with E-state index in [0.717, 1.165) is 20.3 Å². The Morgan fingerprint density at radius 3 is 2.71 bits per heavy atom. The number of hydrogen-bond acceptors (Lipinski definition) is 2. The van der Waals surface area contributed by atoms with Gasteiger partial charge in [0.2, 0.25) is 0 Å². The van der Waals surface area contributed by atoms with Crippen molar-refractivity contribution >= 4 is 31.9 Å². The molecule has 1 aromatic carbocycles. The van der Waals surface area contributed by atoms with Crippen molar-refractivity contribution in [2.45, 2.75) is 12.5 Å². The van der Waals surface area contributed by atoms with Crippen molar-refractivity contribution in [3.05, 3.63) is 50.9 Å². The van der Waals surface area contributed by atoms with Crippen molar-refractivity contribution in [1.29, 1.82) is 0 Å². The van der Waals surface area contributed by atoms with Crippen LogP contribution < -0.4 is 0 Å². The Kier molecular flexibility index (Phi) is 4.01. The lowest BCUT2D eigenvalue weighted by Crippen LogP contribution is -2.06. The molecule has 3 nitrogen and oxygen atoms in total. The number of aliphatic hydroxyl groups is 1. The molecule has 0 aliphatic heterocycles. The summed E-state index contributed by atoms with van der Waals surface area (Å²) in [7, 11) is 1.92. The Labute approximate surface area is 117 Å². The van der Waals surface area contributed by atoms with Crippen LogP contribution in [0.1, 0.15) is 17.5 Å². The molecular weight excluding hydrogens is 348 g/mol. The monoisotopic (exact) mass is 358 g/mol. The second kappa shape index (κ2) is 5.33. The van der Waals surface area contributed by atoms with E-state index < -0.39 is 6.10 Å². The van der Waals surface area contributed by atoms with Gasteiger partial charge in [0.05, 0.1) is 6.10 Å². The molecule has 0 bridgehead atoms. The molecule has 1 atom stereocenters. The van der Waals surface area contributed by atoms with Gasteiger partial charge in [-0.15, -0.1) is 0 Å². The number of aliphatic hydroxyl groups excluding tert-OH is 1. The predicted molar refractivity (Wildman–Crippen MR) is 73.7 cm³/mol. The van der Waals surface area contributed by atoms with E-state index in [-0.39, 0.29) is 0 Å². The number of nitrogens with zero attached hydrogens (tertiary/aromatic N) is 2. The van der Waals surface area contributed by atoms with Gasteiger partial charge in [0, 0.05) is 34.8 Å². The van der Waals surface area contributed by atoms with Crippen LogP contribution in [0.2, 0.25) is 0 Å². The molecule has 0 spiro atoms. The van der Waals surface area contributed by atoms with E-state index in [2.05, 4.69) is 36.8 Å². The van der Waals surface area contributed by atoms with E-state index in [4.69, 9.17) is 0 Å². The molecule has 0 amide bonds. The minimum absolute atomic E-state index is 0.511. The largest absolute Gasteiger partial charge is 0.388 e. The van der Waals surface area contributed by atoms with Crippen molar-refractivity contribution in [2.24, 2.45) is 7.05 Å². The first kappa shape index (κ1) is 12.8. The van der Waals surface area contributed by atoms with Crippen molar-refractivity contribution < 1.29 is 5.11 Å². The molecule has 0 fully saturated rings. The first-order valence-electron chi connectivity index (χ1n) is 5.17. The quantitative estimate of drug-likeness (QED) is 0.913. The second-order valence-electron chi connectivity index (χ2n) is 3.85. The normalized spacial score (nSPS) is 12.7. The van der Waals surface area contributed by atoms with E-state index in [1.807, 2.05) is 36.0 Å². The van der Waals surface area contributed by atoms with Gasteiger partial charge in [0.1, 0.15) is 5.82 Å². The van der Waals surface area contributed by atoms with Gasteiger partial charge in [-0.3, -0.25) is 0 Å². The van der Waals surface area contributed by atoms with Crippen molar-refractivity contribution in [1.82, 2.24) is 9.55 Å². The minimum atomic E-state index is -0.541. The highest BCUT2D eigenvalue weighted by Gasteiger charge is 2.12. The van der Waals surface area contributed by atoms with Crippen LogP contribution in [0.4, 0.5) is 0 Å². The Balaban J connectivity index is 2.17. The fourth-order valence-corrected chi connectivity index (χ4v) is 2.25. The summed E-state index contributed by atoms with van der Waals surface area (Å²) >= 11 is 6.83. The molecule has 1 unspecified atom stereocenters. The summed E-state index contributed by atoms with van der Waals surface area (Å²) in [5, 5.41) is 10.1. The maximum Gasteiger partial charge on any atom is 0.111 e. The van der Waals surface area contributed by atoms with Crippen LogP contribution in [0.3, 0.4) is 0 Å². The molecule has 0 saturated carbocycles. The van der Waals surface area contributed by atoms with Gasteiger partial charge >= 0.3 is 0 Å². The van der Waals surface area contributed by atoms with Crippen LogP contribution in [0.5, 0.6) is 0 Å². The summed E-state index contributed by atoms with van der Waals surface area (Å²) in [6.07, 6.45) is 3.58. The highest BCUT2D eigenvalue weighted by atomic mass is 79.9. The average molecular weight is 360 g/mol. The standard InChI is InChI=1S/C12H12Br2N2O/c1-16-5-4-15-12(16)7-11(17)8-2-3-9(13)10(14)6-8/h2-6,11,17H,7H2,1H3. The lowest BCUT2D eigenvalue weighted by molar-refractivity contribution is 0.175. The highest BCUT2D eigenvalue weighted by Crippen LogP contribution is 2.27. The zero-order valence-corrected chi connectivity index (χ0v) is 12.4. The molecule has 1 N–H and O–H groups in total. The molecule has 2 rings (SSSR count). The molecule has 0 aliphatic rings. The van der Waals surface area contributed by atoms with Crippen molar-refractivity contribution in [3.8, 4) is 0 Å². The first-order valence-corrected chi connectivity index (χ1v) is 6.75. The molecule has 1 aromatic heterocycles. The summed E-state index contributed by atoms with van der Waals surface area (Å²) < 4.78 is 3.83. The van der Waals surface area contributed by atoms with Gasteiger partial charge in [0.15, 0.2) is 0 Å². The third-order valence-electron chi connectivity index (χ3n) is 2.63. The molecule has 1 heterocycles. The van der Waals surface area contributed by atoms with Gasteiger partial charge in [-0.1, -0.05) is 6.07 Å². The summed E-state index contributed by atoms with van der Waals surface area (Å²) in [4.78, 5) is 4.20. The Morgan fingerprint density at radius 1 is 1.35 bits per heavy atom. The number of hydrogen-bond donors (Lipinski definition) is 1. The van der Waals surface area contributed by atoms with E-state index in [1.54, 1.807) is 6.20 Å². The SMILES string of the molecule is Cn1ccnc1CC(O)c1ccc(Br)c(Br)c1. The van der Waals surface area contributed by atoms with E-state index in [0.29, 0.717) is 6.42 Å². The second-order valence-corrected chi connectivity index (χ2v) is 5.56. The van der Waals surface area contributed by atoms with Crippen LogP contribution in [-0.4, -0.2) is 14.7 Å². The number of aryl methyl sites for hydroxylation is 1. The predicted octanol–water partition coefficient (Wildman–Crippen LogP) is 3.22. The lowest BCUT2D eigenvalue weighted by Gasteiger charge is -2.11. The van der Waals surface area contributed by atoms with Crippen molar-refractivity contribution in [2.75, 3.05) is 0 Å². The number of benzene rings is 1. The summed E-state index contributed by atoms with van der Waals surface area (Å²) in [5.74, 6) is 0.872. The van der Waals surface area contributed by atoms with Gasteiger partial charge in [-0.2, -0.15) is 0 Å². The Morgan fingerprint density at radius 2 is 2.12 bits per heavy atom. The fourth-order valence-electron chi connectivity index (χ4n) is 1.60. The molecule has 0 radical (unpaired) electrons. The first-order chi connectivity index (χ1) is 8.08. The lowest BCUT2D eigenvalue weighted by atomic mass is 10.1. The van der Waals surface area contributed by atoms with Gasteiger partial charge in [-0.25, -0.2) is 4.98 Å². The van der Waals surface area contributed by atoms with Gasteiger partial charge in [0.25, 0.3) is 0 Å². The summed E-state index contributed by atoms with van der Waals surface area (Å²) in [6.45, 7) is 0. The number of rotatable bonds is 3. The molecule has 0 saturated heterocycles. The molecule has 5 heteroatoms. The number of halogens is 2. The maximum absolute atomic E-state index is 10.1. The van der Waals surface area contributed by atoms with E-state index in [1.165, 1.54) is 0 Å². The zero-order valence-electron chi connectivity index (χ0n) is 9.27. The van der Waals surface area contributed by atoms with E-state index in [9.17, 15) is 5.11 Å². The summed E-state index contributed by atoms with van der Waals surface area (Å²) in [6, 6.07) is 5.74. The van der Waals surface area contributed by atoms with Crippen LogP contribution in [0.15, 0.2) is 39.5 Å². The fraction of sp³-hybridized carbons (Fsp3) is 0.250.